The zero-order valence-electron chi connectivity index (χ0n) is 18.3. The number of imide groups is 1. The van der Waals surface area contributed by atoms with Gasteiger partial charge in [0, 0.05) is 29.3 Å². The number of rotatable bonds is 3. The molecule has 1 aliphatic carbocycles. The van der Waals surface area contributed by atoms with Crippen LogP contribution in [-0.2, 0) is 14.4 Å². The lowest BCUT2D eigenvalue weighted by atomic mass is 10.1. The fraction of sp³-hybridized carbons (Fsp3) is 0.269. The van der Waals surface area contributed by atoms with Crippen molar-refractivity contribution >= 4 is 41.0 Å². The Morgan fingerprint density at radius 1 is 1.00 bits per heavy atom. The third-order valence-corrected chi connectivity index (χ3v) is 6.68. The summed E-state index contributed by atoms with van der Waals surface area (Å²) in [6, 6.07) is 14.1. The van der Waals surface area contributed by atoms with Crippen LogP contribution in [0.3, 0.4) is 0 Å². The van der Waals surface area contributed by atoms with Crippen molar-refractivity contribution in [3.05, 3.63) is 81.6 Å². The highest BCUT2D eigenvalue weighted by Crippen LogP contribution is 2.34. The van der Waals surface area contributed by atoms with E-state index in [1.54, 1.807) is 24.3 Å². The van der Waals surface area contributed by atoms with Crippen LogP contribution in [0.15, 0.2) is 65.5 Å². The number of aryl methyl sites for hydroxylation is 1. The molecule has 6 nitrogen and oxygen atoms in total. The average molecular weight is 462 g/mol. The molecule has 7 heteroatoms. The topological polar surface area (TPSA) is 69.7 Å². The van der Waals surface area contributed by atoms with Gasteiger partial charge in [-0.15, -0.1) is 0 Å². The zero-order valence-corrected chi connectivity index (χ0v) is 19.1. The predicted octanol–water partition coefficient (Wildman–Crippen LogP) is 3.84. The molecular weight excluding hydrogens is 438 g/mol. The van der Waals surface area contributed by atoms with Crippen molar-refractivity contribution in [1.82, 2.24) is 10.2 Å². The molecule has 1 unspecified atom stereocenters. The molecule has 0 radical (unpaired) electrons. The number of hydrogen-bond donors (Lipinski definition) is 1. The van der Waals surface area contributed by atoms with E-state index in [9.17, 15) is 14.4 Å². The molecule has 0 spiro atoms. The second-order valence-electron chi connectivity index (χ2n) is 8.62. The monoisotopic (exact) mass is 461 g/mol. The number of nitrogens with one attached hydrogen (secondary N) is 1. The largest absolute Gasteiger partial charge is 0.370 e. The van der Waals surface area contributed by atoms with Gasteiger partial charge in [-0.25, -0.2) is 4.90 Å². The summed E-state index contributed by atoms with van der Waals surface area (Å²) in [4.78, 5) is 42.4. The van der Waals surface area contributed by atoms with Gasteiger partial charge >= 0.3 is 0 Å². The Balaban J connectivity index is 1.40. The first-order valence-corrected chi connectivity index (χ1v) is 11.5. The van der Waals surface area contributed by atoms with E-state index >= 15 is 0 Å². The number of benzene rings is 2. The normalized spacial score (nSPS) is 24.4. The van der Waals surface area contributed by atoms with Gasteiger partial charge in [-0.05, 0) is 55.7 Å². The van der Waals surface area contributed by atoms with Crippen LogP contribution in [-0.4, -0.2) is 41.6 Å². The molecule has 0 bridgehead atoms. The van der Waals surface area contributed by atoms with E-state index in [0.29, 0.717) is 48.0 Å². The highest BCUT2D eigenvalue weighted by atomic mass is 35.5. The van der Waals surface area contributed by atoms with E-state index in [-0.39, 0.29) is 24.0 Å². The van der Waals surface area contributed by atoms with Gasteiger partial charge in [-0.1, -0.05) is 41.4 Å². The maximum Gasteiger partial charge on any atom is 0.257 e. The molecule has 2 saturated heterocycles. The summed E-state index contributed by atoms with van der Waals surface area (Å²) >= 11 is 5.96. The predicted molar refractivity (Wildman–Crippen MR) is 127 cm³/mol. The average Bonchev–Trinajstić information content (AvgIpc) is 3.49. The number of amides is 2. The maximum absolute atomic E-state index is 13.3. The van der Waals surface area contributed by atoms with Crippen LogP contribution in [0.25, 0.3) is 6.08 Å². The Bertz CT molecular complexity index is 1200. The standard InChI is InChI=1S/C26H24ClN3O3/c1-16-2-9-20(10-3-16)30-23(31)15-22(26(30)33)29-13-12-28-25(29)21-11-6-18(24(21)32)14-17-4-7-19(27)8-5-17/h2-5,7-10,14,22,28H,6,11-13,15H2,1H3/b18-14?,25-21+. The molecule has 2 heterocycles. The van der Waals surface area contributed by atoms with Crippen molar-refractivity contribution in [3.8, 4) is 0 Å². The fourth-order valence-electron chi connectivity index (χ4n) is 4.73. The lowest BCUT2D eigenvalue weighted by Gasteiger charge is -2.26. The number of ketones is 1. The van der Waals surface area contributed by atoms with Gasteiger partial charge in [-0.2, -0.15) is 0 Å². The molecule has 0 aromatic heterocycles. The molecule has 2 aliphatic heterocycles. The van der Waals surface area contributed by atoms with Gasteiger partial charge in [0.25, 0.3) is 5.91 Å². The molecule has 1 atom stereocenters. The van der Waals surface area contributed by atoms with E-state index < -0.39 is 6.04 Å². The molecule has 1 saturated carbocycles. The molecule has 168 valence electrons. The van der Waals surface area contributed by atoms with Crippen molar-refractivity contribution in [2.45, 2.75) is 32.2 Å². The molecule has 3 fully saturated rings. The summed E-state index contributed by atoms with van der Waals surface area (Å²) in [5.41, 5.74) is 4.00. The minimum Gasteiger partial charge on any atom is -0.370 e. The highest BCUT2D eigenvalue weighted by Gasteiger charge is 2.45. The quantitative estimate of drug-likeness (QED) is 0.555. The molecule has 1 N–H and O–H groups in total. The van der Waals surface area contributed by atoms with Crippen molar-refractivity contribution in [2.24, 2.45) is 0 Å². The Morgan fingerprint density at radius 3 is 2.45 bits per heavy atom. The maximum atomic E-state index is 13.3. The number of Topliss-reactive ketones (excluding diaryl/α,β-unsaturated/α-hetero) is 1. The van der Waals surface area contributed by atoms with Crippen molar-refractivity contribution in [1.29, 1.82) is 0 Å². The number of carbonyl (C=O) groups is 3. The first kappa shape index (κ1) is 21.5. The summed E-state index contributed by atoms with van der Waals surface area (Å²) < 4.78 is 0. The molecule has 3 aliphatic rings. The van der Waals surface area contributed by atoms with E-state index in [1.165, 1.54) is 4.90 Å². The summed E-state index contributed by atoms with van der Waals surface area (Å²) in [5.74, 6) is 0.224. The van der Waals surface area contributed by atoms with Crippen molar-refractivity contribution in [2.75, 3.05) is 18.0 Å². The second-order valence-corrected chi connectivity index (χ2v) is 9.06. The van der Waals surface area contributed by atoms with Crippen LogP contribution in [0, 0.1) is 6.92 Å². The van der Waals surface area contributed by atoms with E-state index in [0.717, 1.165) is 16.7 Å². The molecular formula is C26H24ClN3O3. The minimum absolute atomic E-state index is 0.00786. The molecule has 5 rings (SSSR count). The fourth-order valence-corrected chi connectivity index (χ4v) is 4.85. The smallest absolute Gasteiger partial charge is 0.257 e. The van der Waals surface area contributed by atoms with Crippen molar-refractivity contribution < 1.29 is 14.4 Å². The van der Waals surface area contributed by atoms with Crippen LogP contribution in [0.4, 0.5) is 5.69 Å². The number of halogens is 1. The third kappa shape index (κ3) is 3.95. The van der Waals surface area contributed by atoms with Crippen LogP contribution < -0.4 is 10.2 Å². The van der Waals surface area contributed by atoms with Crippen molar-refractivity contribution in [3.63, 3.8) is 0 Å². The third-order valence-electron chi connectivity index (χ3n) is 6.43. The van der Waals surface area contributed by atoms with E-state index in [2.05, 4.69) is 5.32 Å². The van der Waals surface area contributed by atoms with Gasteiger partial charge in [0.15, 0.2) is 5.78 Å². The summed E-state index contributed by atoms with van der Waals surface area (Å²) in [6.45, 7) is 3.17. The number of hydrogen-bond acceptors (Lipinski definition) is 5. The molecule has 2 amide bonds. The first-order valence-electron chi connectivity index (χ1n) is 11.1. The number of carbonyl (C=O) groups excluding carboxylic acids is 3. The molecule has 33 heavy (non-hydrogen) atoms. The number of allylic oxidation sites excluding steroid dienone is 2. The first-order chi connectivity index (χ1) is 15.9. The number of nitrogens with zero attached hydrogens (tertiary/aromatic N) is 2. The molecule has 2 aromatic carbocycles. The lowest BCUT2D eigenvalue weighted by molar-refractivity contribution is -0.122. The zero-order chi connectivity index (χ0) is 23.1. The van der Waals surface area contributed by atoms with Crippen LogP contribution in [0.5, 0.6) is 0 Å². The van der Waals surface area contributed by atoms with Gasteiger partial charge in [0.1, 0.15) is 11.9 Å². The van der Waals surface area contributed by atoms with Gasteiger partial charge < -0.3 is 10.2 Å². The second kappa shape index (κ2) is 8.52. The highest BCUT2D eigenvalue weighted by molar-refractivity contribution is 6.30. The van der Waals surface area contributed by atoms with Crippen LogP contribution in [0.2, 0.25) is 5.02 Å². The Kier molecular flexibility index (Phi) is 5.54. The number of anilines is 1. The van der Waals surface area contributed by atoms with Crippen LogP contribution in [0.1, 0.15) is 30.4 Å². The SMILES string of the molecule is Cc1ccc(N2C(=O)CC(N3CCN/C3=C3/CCC(=Cc4ccc(Cl)cc4)C3=O)C2=O)cc1. The van der Waals surface area contributed by atoms with E-state index in [1.807, 2.05) is 42.2 Å². The Morgan fingerprint density at radius 2 is 1.73 bits per heavy atom. The summed E-state index contributed by atoms with van der Waals surface area (Å²) in [7, 11) is 0. The summed E-state index contributed by atoms with van der Waals surface area (Å²) in [6.07, 6.45) is 3.25. The minimum atomic E-state index is -0.603. The van der Waals surface area contributed by atoms with Gasteiger partial charge in [0.2, 0.25) is 5.91 Å². The Labute approximate surface area is 197 Å². The van der Waals surface area contributed by atoms with Gasteiger partial charge in [0.05, 0.1) is 12.1 Å². The summed E-state index contributed by atoms with van der Waals surface area (Å²) in [5, 5.41) is 3.96. The van der Waals surface area contributed by atoms with Crippen LogP contribution >= 0.6 is 11.6 Å². The lowest BCUT2D eigenvalue weighted by Crippen LogP contribution is -2.41. The van der Waals surface area contributed by atoms with E-state index in [4.69, 9.17) is 11.6 Å². The molecule has 2 aromatic rings. The van der Waals surface area contributed by atoms with Gasteiger partial charge in [-0.3, -0.25) is 14.4 Å². The Hall–Kier alpha value is -3.38.